The number of benzene rings is 1. The normalized spacial score (nSPS) is 11.5. The first-order valence-corrected chi connectivity index (χ1v) is 5.16. The van der Waals surface area contributed by atoms with E-state index in [0.717, 1.165) is 24.3 Å². The first kappa shape index (κ1) is 16.5. The van der Waals surface area contributed by atoms with Gasteiger partial charge in [0, 0.05) is 6.07 Å². The van der Waals surface area contributed by atoms with Crippen molar-refractivity contribution in [2.24, 2.45) is 0 Å². The topological polar surface area (TPSA) is 78.5 Å². The van der Waals surface area contributed by atoms with Crippen LogP contribution in [0.25, 0.3) is 0 Å². The van der Waals surface area contributed by atoms with Gasteiger partial charge in [0.25, 0.3) is 0 Å². The smallest absolute Gasteiger partial charge is 0.731 e. The molecule has 0 fully saturated rings. The molecule has 5 nitrogen and oxygen atoms in total. The van der Waals surface area contributed by atoms with Gasteiger partial charge in [-0.05, 0) is 12.1 Å². The Morgan fingerprint density at radius 3 is 2.35 bits per heavy atom. The summed E-state index contributed by atoms with van der Waals surface area (Å²) < 4.78 is 71.2. The van der Waals surface area contributed by atoms with Gasteiger partial charge in [0.1, 0.15) is 5.75 Å². The summed E-state index contributed by atoms with van der Waals surface area (Å²) >= 11 is 0. The number of halogens is 3. The van der Waals surface area contributed by atoms with Gasteiger partial charge in [-0.1, -0.05) is 6.07 Å². The van der Waals surface area contributed by atoms with Crippen LogP contribution >= 0.6 is 0 Å². The number of hydrogen-bond donors (Lipinski definition) is 1. The van der Waals surface area contributed by atoms with Crippen molar-refractivity contribution >= 4 is 16.0 Å². The first-order chi connectivity index (χ1) is 7.16. The van der Waals surface area contributed by atoms with Gasteiger partial charge in [0.2, 0.25) is 0 Å². The average molecular weight is 279 g/mol. The molecule has 1 N–H and O–H groups in total. The fraction of sp³-hybridized carbons (Fsp3) is 0.143. The number of nitrogens with one attached hydrogen (secondary N) is 1. The molecule has 0 bridgehead atoms. The van der Waals surface area contributed by atoms with Crippen LogP contribution in [0.3, 0.4) is 0 Å². The molecular formula is C7H5F3NNaO4S. The number of rotatable bonds is 3. The largest absolute Gasteiger partial charge is 1.00 e. The Morgan fingerprint density at radius 2 is 1.88 bits per heavy atom. The Balaban J connectivity index is 0.00000256. The summed E-state index contributed by atoms with van der Waals surface area (Å²) in [5.41, 5.74) is -0.309. The summed E-state index contributed by atoms with van der Waals surface area (Å²) in [6, 6.07) is 3.92. The predicted molar refractivity (Wildman–Crippen MR) is 46.4 cm³/mol. The van der Waals surface area contributed by atoms with Crippen LogP contribution in [0.4, 0.5) is 18.9 Å². The summed E-state index contributed by atoms with van der Waals surface area (Å²) in [7, 11) is -4.77. The van der Waals surface area contributed by atoms with Gasteiger partial charge in [-0.3, -0.25) is 4.72 Å². The molecule has 0 unspecified atom stereocenters. The maximum atomic E-state index is 11.8. The number of hydrogen-bond acceptors (Lipinski definition) is 4. The Hall–Kier alpha value is -0.480. The van der Waals surface area contributed by atoms with Crippen LogP contribution in [0.15, 0.2) is 24.3 Å². The molecule has 1 rings (SSSR count). The molecule has 0 saturated heterocycles. The molecule has 90 valence electrons. The second-order valence-electron chi connectivity index (χ2n) is 2.63. The van der Waals surface area contributed by atoms with E-state index >= 15 is 0 Å². The monoisotopic (exact) mass is 279 g/mol. The maximum absolute atomic E-state index is 11.8. The minimum absolute atomic E-state index is 0. The molecule has 0 aromatic heterocycles. The molecule has 0 radical (unpaired) electrons. The third kappa shape index (κ3) is 7.45. The Morgan fingerprint density at radius 1 is 1.29 bits per heavy atom. The zero-order valence-electron chi connectivity index (χ0n) is 8.48. The van der Waals surface area contributed by atoms with E-state index < -0.39 is 22.4 Å². The van der Waals surface area contributed by atoms with Crippen LogP contribution in [0.2, 0.25) is 0 Å². The Labute approximate surface area is 117 Å². The van der Waals surface area contributed by atoms with E-state index in [0.29, 0.717) is 0 Å². The quantitative estimate of drug-likeness (QED) is 0.537. The van der Waals surface area contributed by atoms with E-state index in [-0.39, 0.29) is 35.2 Å². The van der Waals surface area contributed by atoms with Gasteiger partial charge in [-0.15, -0.1) is 13.2 Å². The summed E-state index contributed by atoms with van der Waals surface area (Å²) in [5, 5.41) is 0. The van der Waals surface area contributed by atoms with Crippen LogP contribution in [0.1, 0.15) is 0 Å². The van der Waals surface area contributed by atoms with E-state index in [1.165, 1.54) is 4.72 Å². The fourth-order valence-electron chi connectivity index (χ4n) is 0.901. The Kier molecular flexibility index (Phi) is 5.75. The van der Waals surface area contributed by atoms with Gasteiger partial charge in [0.05, 0.1) is 5.69 Å². The zero-order valence-corrected chi connectivity index (χ0v) is 11.3. The van der Waals surface area contributed by atoms with E-state index in [4.69, 9.17) is 0 Å². The number of alkyl halides is 3. The van der Waals surface area contributed by atoms with Crippen LogP contribution in [-0.2, 0) is 10.3 Å². The molecule has 0 amide bonds. The Bertz CT molecular complexity index is 476. The van der Waals surface area contributed by atoms with Crippen molar-refractivity contribution in [1.29, 1.82) is 0 Å². The van der Waals surface area contributed by atoms with Gasteiger partial charge in [-0.2, -0.15) is 0 Å². The van der Waals surface area contributed by atoms with Gasteiger partial charge in [0.15, 0.2) is 10.3 Å². The molecule has 0 spiro atoms. The SMILES string of the molecule is O=S(=O)([O-])Nc1cccc(OC(F)(F)F)c1.[Na+]. The minimum Gasteiger partial charge on any atom is -0.731 e. The van der Waals surface area contributed by atoms with Crippen LogP contribution in [-0.4, -0.2) is 19.3 Å². The van der Waals surface area contributed by atoms with Gasteiger partial charge < -0.3 is 9.29 Å². The molecule has 0 heterocycles. The first-order valence-electron chi connectivity index (χ1n) is 3.75. The summed E-state index contributed by atoms with van der Waals surface area (Å²) in [6.45, 7) is 0. The van der Waals surface area contributed by atoms with Crippen molar-refractivity contribution in [2.75, 3.05) is 4.72 Å². The molecule has 0 saturated carbocycles. The third-order valence-corrected chi connectivity index (χ3v) is 1.80. The van der Waals surface area contributed by atoms with Crippen molar-refractivity contribution in [1.82, 2.24) is 0 Å². The van der Waals surface area contributed by atoms with Crippen LogP contribution in [0, 0.1) is 0 Å². The molecule has 0 aliphatic heterocycles. The van der Waals surface area contributed by atoms with Crippen LogP contribution < -0.4 is 39.0 Å². The maximum Gasteiger partial charge on any atom is 1.00 e. The second kappa shape index (κ2) is 5.91. The van der Waals surface area contributed by atoms with E-state index in [2.05, 4.69) is 4.74 Å². The second-order valence-corrected chi connectivity index (χ2v) is 3.74. The van der Waals surface area contributed by atoms with Crippen molar-refractivity contribution < 1.29 is 60.4 Å². The van der Waals surface area contributed by atoms with Crippen molar-refractivity contribution in [2.45, 2.75) is 6.36 Å². The fourth-order valence-corrected chi connectivity index (χ4v) is 1.32. The third-order valence-electron chi connectivity index (χ3n) is 1.31. The number of anilines is 1. The molecule has 10 heteroatoms. The van der Waals surface area contributed by atoms with Crippen molar-refractivity contribution in [3.63, 3.8) is 0 Å². The summed E-state index contributed by atoms with van der Waals surface area (Å²) in [4.78, 5) is 0. The average Bonchev–Trinajstić information content (AvgIpc) is 1.96. The molecule has 0 aliphatic carbocycles. The van der Waals surface area contributed by atoms with E-state index in [1.54, 1.807) is 0 Å². The number of ether oxygens (including phenoxy) is 1. The van der Waals surface area contributed by atoms with E-state index in [1.807, 2.05) is 0 Å². The van der Waals surface area contributed by atoms with E-state index in [9.17, 15) is 26.1 Å². The molecule has 17 heavy (non-hydrogen) atoms. The summed E-state index contributed by atoms with van der Waals surface area (Å²) in [6.07, 6.45) is -4.88. The van der Waals surface area contributed by atoms with Gasteiger partial charge >= 0.3 is 35.9 Å². The predicted octanol–water partition coefficient (Wildman–Crippen LogP) is -1.54. The standard InChI is InChI=1S/C7H6F3NO4S.Na/c8-7(9,10)15-6-3-1-2-5(4-6)11-16(12,13)14;/h1-4,11H,(H,12,13,14);/q;+1/p-1. The zero-order chi connectivity index (χ0) is 12.4. The van der Waals surface area contributed by atoms with Crippen molar-refractivity contribution in [3.05, 3.63) is 24.3 Å². The summed E-state index contributed by atoms with van der Waals surface area (Å²) in [5.74, 6) is -0.624. The molecule has 0 aliphatic rings. The molecule has 1 aromatic carbocycles. The molecule has 0 atom stereocenters. The van der Waals surface area contributed by atoms with Gasteiger partial charge in [-0.25, -0.2) is 8.42 Å². The van der Waals surface area contributed by atoms with Crippen molar-refractivity contribution in [3.8, 4) is 5.75 Å². The van der Waals surface area contributed by atoms with Crippen LogP contribution in [0.5, 0.6) is 5.75 Å². The molecule has 1 aromatic rings. The minimum atomic E-state index is -4.88. The molecular weight excluding hydrogens is 274 g/mol.